The lowest BCUT2D eigenvalue weighted by molar-refractivity contribution is -0.173. The first-order chi connectivity index (χ1) is 14.8. The van der Waals surface area contributed by atoms with Crippen LogP contribution in [0.1, 0.15) is 25.7 Å². The maximum atomic E-state index is 11.2. The summed E-state index contributed by atoms with van der Waals surface area (Å²) in [7, 11) is 0. The highest BCUT2D eigenvalue weighted by atomic mass is 16.6. The maximum Gasteiger partial charge on any atom is 0.338 e. The molecule has 0 aliphatic rings. The van der Waals surface area contributed by atoms with E-state index in [0.29, 0.717) is 12.2 Å². The number of carboxylic acid groups (broad SMARTS) is 6. The van der Waals surface area contributed by atoms with Gasteiger partial charge < -0.3 is 45.6 Å². The predicted octanol–water partition coefficient (Wildman–Crippen LogP) is -2.87. The number of ether oxygens (including phenoxy) is 1. The van der Waals surface area contributed by atoms with Gasteiger partial charge in [0.05, 0.1) is 25.7 Å². The van der Waals surface area contributed by atoms with Crippen molar-refractivity contribution in [3.63, 3.8) is 0 Å². The van der Waals surface area contributed by atoms with Gasteiger partial charge in [-0.15, -0.1) is 0 Å². The summed E-state index contributed by atoms with van der Waals surface area (Å²) in [5, 5.41) is 68.5. The van der Waals surface area contributed by atoms with Gasteiger partial charge >= 0.3 is 47.8 Å². The maximum absolute atomic E-state index is 11.2. The summed E-state index contributed by atoms with van der Waals surface area (Å²) in [4.78, 5) is 83.7. The first-order valence-electron chi connectivity index (χ1n) is 8.07. The van der Waals surface area contributed by atoms with Crippen LogP contribution in [-0.4, -0.2) is 99.8 Å². The fourth-order valence-corrected chi connectivity index (χ4v) is 1.74. The molecular formula is C16H18O17. The minimum atomic E-state index is -2.93. The molecule has 0 aromatic heterocycles. The third-order valence-electron chi connectivity index (χ3n) is 3.14. The Labute approximate surface area is 181 Å². The van der Waals surface area contributed by atoms with Crippen molar-refractivity contribution in [3.8, 4) is 0 Å². The molecule has 0 radical (unpaired) electrons. The van der Waals surface area contributed by atoms with Gasteiger partial charge in [-0.2, -0.15) is 0 Å². The third kappa shape index (κ3) is 13.5. The van der Waals surface area contributed by atoms with E-state index < -0.39 is 84.6 Å². The van der Waals surface area contributed by atoms with Crippen molar-refractivity contribution < 1.29 is 83.9 Å². The second kappa shape index (κ2) is 13.1. The van der Waals surface area contributed by atoms with E-state index in [0.717, 1.165) is 0 Å². The van der Waals surface area contributed by atoms with Gasteiger partial charge in [-0.05, 0) is 0 Å². The number of hydrogen-bond acceptors (Lipinski definition) is 11. The number of aliphatic hydroxyl groups is 2. The SMILES string of the molecule is O=C(O)/C=C/C(=O)OC(=O)CC(O)(CC(=O)O)C(=O)O.O=C(O)CC(O)(CC(=O)O)C(=O)O. The summed E-state index contributed by atoms with van der Waals surface area (Å²) in [5.41, 5.74) is -5.67. The topological polar surface area (TPSA) is 308 Å². The van der Waals surface area contributed by atoms with Crippen LogP contribution >= 0.6 is 0 Å². The van der Waals surface area contributed by atoms with Gasteiger partial charge in [-0.3, -0.25) is 19.2 Å². The molecule has 0 rings (SSSR count). The number of carbonyl (C=O) groups is 8. The van der Waals surface area contributed by atoms with Crippen LogP contribution in [0.3, 0.4) is 0 Å². The van der Waals surface area contributed by atoms with Crippen LogP contribution in [0, 0.1) is 0 Å². The van der Waals surface area contributed by atoms with Crippen LogP contribution in [-0.2, 0) is 43.1 Å². The van der Waals surface area contributed by atoms with E-state index in [9.17, 15) is 43.5 Å². The average molecular weight is 482 g/mol. The van der Waals surface area contributed by atoms with E-state index in [1.165, 1.54) is 0 Å². The highest BCUT2D eigenvalue weighted by Crippen LogP contribution is 2.17. The number of rotatable bonds is 12. The van der Waals surface area contributed by atoms with Crippen molar-refractivity contribution >= 4 is 47.8 Å². The highest BCUT2D eigenvalue weighted by molar-refractivity contribution is 5.97. The van der Waals surface area contributed by atoms with Crippen molar-refractivity contribution in [3.05, 3.63) is 12.2 Å². The molecule has 33 heavy (non-hydrogen) atoms. The van der Waals surface area contributed by atoms with Crippen molar-refractivity contribution in [1.29, 1.82) is 0 Å². The van der Waals surface area contributed by atoms with E-state index in [-0.39, 0.29) is 0 Å². The fraction of sp³-hybridized carbons (Fsp3) is 0.375. The van der Waals surface area contributed by atoms with E-state index in [4.69, 9.17) is 35.7 Å². The second-order valence-electron chi connectivity index (χ2n) is 6.03. The van der Waals surface area contributed by atoms with Crippen LogP contribution < -0.4 is 0 Å². The van der Waals surface area contributed by atoms with E-state index >= 15 is 0 Å². The van der Waals surface area contributed by atoms with Gasteiger partial charge in [0.1, 0.15) is 0 Å². The van der Waals surface area contributed by atoms with Gasteiger partial charge in [0.15, 0.2) is 11.2 Å². The summed E-state index contributed by atoms with van der Waals surface area (Å²) in [6.45, 7) is 0. The van der Waals surface area contributed by atoms with Gasteiger partial charge in [0.2, 0.25) is 0 Å². The van der Waals surface area contributed by atoms with E-state index in [1.54, 1.807) is 0 Å². The number of esters is 2. The van der Waals surface area contributed by atoms with Crippen LogP contribution in [0.15, 0.2) is 12.2 Å². The quantitative estimate of drug-likeness (QED) is 0.0786. The van der Waals surface area contributed by atoms with Crippen molar-refractivity contribution in [2.45, 2.75) is 36.9 Å². The molecule has 17 heteroatoms. The van der Waals surface area contributed by atoms with E-state index in [1.807, 2.05) is 0 Å². The third-order valence-corrected chi connectivity index (χ3v) is 3.14. The van der Waals surface area contributed by atoms with Crippen molar-refractivity contribution in [2.24, 2.45) is 0 Å². The molecule has 0 bridgehead atoms. The lowest BCUT2D eigenvalue weighted by atomic mass is 9.96. The normalized spacial score (nSPS) is 12.4. The van der Waals surface area contributed by atoms with Crippen LogP contribution in [0.2, 0.25) is 0 Å². The molecule has 0 aromatic carbocycles. The fourth-order valence-electron chi connectivity index (χ4n) is 1.74. The summed E-state index contributed by atoms with van der Waals surface area (Å²) < 4.78 is 3.98. The largest absolute Gasteiger partial charge is 0.481 e. The van der Waals surface area contributed by atoms with Gasteiger partial charge in [-0.1, -0.05) is 0 Å². The Balaban J connectivity index is 0. The molecular weight excluding hydrogens is 464 g/mol. The van der Waals surface area contributed by atoms with Gasteiger partial charge in [0, 0.05) is 12.2 Å². The number of carbonyl (C=O) groups excluding carboxylic acids is 2. The number of carboxylic acids is 6. The molecule has 184 valence electrons. The van der Waals surface area contributed by atoms with Gasteiger partial charge in [0.25, 0.3) is 0 Å². The molecule has 0 saturated carbocycles. The lowest BCUT2D eigenvalue weighted by Crippen LogP contribution is -2.43. The zero-order valence-corrected chi connectivity index (χ0v) is 16.2. The smallest absolute Gasteiger partial charge is 0.338 e. The molecule has 0 amide bonds. The standard InChI is InChI=1S/C10H10O10.C6H8O7/c11-5(12)1-2-7(15)20-8(16)4-10(19,9(17)18)3-6(13)14;7-3(8)1-6(13,5(11)12)2-4(9)10/h1-2,19H,3-4H2,(H,11,12)(H,13,14)(H,17,18);13H,1-2H2,(H,7,8)(H,9,10)(H,11,12)/b2-1+;. The number of hydrogen-bond donors (Lipinski definition) is 8. The van der Waals surface area contributed by atoms with Crippen LogP contribution in [0.4, 0.5) is 0 Å². The molecule has 17 nitrogen and oxygen atoms in total. The molecule has 0 aliphatic heterocycles. The molecule has 0 fully saturated rings. The zero-order chi connectivity index (χ0) is 26.6. The minimum Gasteiger partial charge on any atom is -0.481 e. The Morgan fingerprint density at radius 3 is 1.18 bits per heavy atom. The molecule has 0 heterocycles. The Morgan fingerprint density at radius 1 is 0.576 bits per heavy atom. The molecule has 1 unspecified atom stereocenters. The first kappa shape index (κ1) is 30.8. The Hall–Kier alpha value is -4.38. The highest BCUT2D eigenvalue weighted by Gasteiger charge is 2.42. The summed E-state index contributed by atoms with van der Waals surface area (Å²) in [6, 6.07) is 0. The van der Waals surface area contributed by atoms with E-state index in [2.05, 4.69) is 4.74 Å². The van der Waals surface area contributed by atoms with Crippen LogP contribution in [0.25, 0.3) is 0 Å². The predicted molar refractivity (Wildman–Crippen MR) is 94.4 cm³/mol. The van der Waals surface area contributed by atoms with Crippen molar-refractivity contribution in [2.75, 3.05) is 0 Å². The summed E-state index contributed by atoms with van der Waals surface area (Å²) in [6.07, 6.45) is -4.10. The number of aliphatic carboxylic acids is 6. The Kier molecular flexibility index (Phi) is 12.3. The van der Waals surface area contributed by atoms with Crippen molar-refractivity contribution in [1.82, 2.24) is 0 Å². The average Bonchev–Trinajstić information content (AvgIpc) is 2.57. The Bertz CT molecular complexity index is 837. The molecule has 0 spiro atoms. The first-order valence-corrected chi connectivity index (χ1v) is 8.07. The van der Waals surface area contributed by atoms with Crippen LogP contribution in [0.5, 0.6) is 0 Å². The molecule has 8 N–H and O–H groups in total. The summed E-state index contributed by atoms with van der Waals surface area (Å²) >= 11 is 0. The molecule has 1 atom stereocenters. The minimum absolute atomic E-state index is 0.371. The lowest BCUT2D eigenvalue weighted by Gasteiger charge is -2.19. The zero-order valence-electron chi connectivity index (χ0n) is 16.2. The summed E-state index contributed by atoms with van der Waals surface area (Å²) in [5.74, 6) is -13.1. The Morgan fingerprint density at radius 2 is 0.909 bits per heavy atom. The molecule has 0 saturated heterocycles. The molecule has 0 aromatic rings. The molecule has 0 aliphatic carbocycles. The monoisotopic (exact) mass is 482 g/mol. The van der Waals surface area contributed by atoms with Gasteiger partial charge in [-0.25, -0.2) is 19.2 Å². The second-order valence-corrected chi connectivity index (χ2v) is 6.03.